The van der Waals surface area contributed by atoms with Crippen LogP contribution >= 0.6 is 11.6 Å². The summed E-state index contributed by atoms with van der Waals surface area (Å²) in [5, 5.41) is 17.5. The molecule has 0 radical (unpaired) electrons. The third-order valence-corrected chi connectivity index (χ3v) is 4.27. The lowest BCUT2D eigenvalue weighted by molar-refractivity contribution is -0.212. The fourth-order valence-electron chi connectivity index (χ4n) is 2.83. The molecule has 24 heavy (non-hydrogen) atoms. The molecule has 1 saturated carbocycles. The molecule has 0 bridgehead atoms. The van der Waals surface area contributed by atoms with Crippen molar-refractivity contribution >= 4 is 22.6 Å². The van der Waals surface area contributed by atoms with Crippen LogP contribution in [-0.4, -0.2) is 35.8 Å². The first-order valence-electron chi connectivity index (χ1n) is 7.18. The average molecular weight is 358 g/mol. The van der Waals surface area contributed by atoms with Gasteiger partial charge in [0.2, 0.25) is 0 Å². The van der Waals surface area contributed by atoms with Gasteiger partial charge in [0, 0.05) is 11.8 Å². The maximum Gasteiger partial charge on any atom is 0.504 e. The highest BCUT2D eigenvalue weighted by atomic mass is 35.5. The molecule has 0 atom stereocenters. The van der Waals surface area contributed by atoms with Crippen molar-refractivity contribution in [3.8, 4) is 11.3 Å². The largest absolute Gasteiger partial charge is 0.504 e. The Bertz CT molecular complexity index is 913. The van der Waals surface area contributed by atoms with Gasteiger partial charge in [-0.1, -0.05) is 11.6 Å². The molecule has 6 nitrogen and oxygen atoms in total. The fourth-order valence-corrected chi connectivity index (χ4v) is 2.98. The molecule has 10 heteroatoms. The molecule has 126 valence electrons. The molecular weight excluding hydrogens is 347 g/mol. The van der Waals surface area contributed by atoms with Crippen LogP contribution in [0.2, 0.25) is 5.15 Å². The number of aliphatic hydroxyl groups excluding tert-OH is 1. The van der Waals surface area contributed by atoms with Gasteiger partial charge in [0.15, 0.2) is 0 Å². The van der Waals surface area contributed by atoms with Gasteiger partial charge in [0.05, 0.1) is 24.0 Å². The van der Waals surface area contributed by atoms with Gasteiger partial charge in [-0.15, -0.1) is 13.2 Å². The summed E-state index contributed by atoms with van der Waals surface area (Å²) in [6.45, 7) is 0. The van der Waals surface area contributed by atoms with Crippen LogP contribution in [0.5, 0.6) is 0 Å². The molecule has 3 heterocycles. The van der Waals surface area contributed by atoms with Gasteiger partial charge in [-0.2, -0.15) is 14.9 Å². The molecule has 0 saturated heterocycles. The minimum Gasteiger partial charge on any atom is -0.393 e. The molecule has 0 aliphatic heterocycles. The first-order chi connectivity index (χ1) is 11.3. The average Bonchev–Trinajstić information content (AvgIpc) is 3.06. The zero-order valence-corrected chi connectivity index (χ0v) is 12.8. The van der Waals surface area contributed by atoms with Gasteiger partial charge in [-0.05, 0) is 25.0 Å². The van der Waals surface area contributed by atoms with E-state index in [0.29, 0.717) is 29.6 Å². The lowest BCUT2D eigenvalue weighted by Gasteiger charge is -2.32. The van der Waals surface area contributed by atoms with E-state index in [9.17, 15) is 18.3 Å². The van der Waals surface area contributed by atoms with Crippen LogP contribution in [0.15, 0.2) is 24.5 Å². The maximum atomic E-state index is 12.8. The number of aromatic nitrogens is 5. The monoisotopic (exact) mass is 357 g/mol. The van der Waals surface area contributed by atoms with E-state index in [1.807, 2.05) is 0 Å². The number of rotatable bonds is 2. The zero-order chi connectivity index (χ0) is 17.1. The van der Waals surface area contributed by atoms with Crippen molar-refractivity contribution in [2.45, 2.75) is 31.3 Å². The van der Waals surface area contributed by atoms with E-state index >= 15 is 0 Å². The molecule has 1 aliphatic rings. The highest BCUT2D eigenvalue weighted by Crippen LogP contribution is 2.38. The first kappa shape index (κ1) is 15.4. The van der Waals surface area contributed by atoms with Crippen molar-refractivity contribution in [3.63, 3.8) is 0 Å². The molecule has 1 N–H and O–H groups in total. The second kappa shape index (κ2) is 5.18. The van der Waals surface area contributed by atoms with Gasteiger partial charge in [0.1, 0.15) is 16.2 Å². The van der Waals surface area contributed by atoms with Crippen molar-refractivity contribution in [1.82, 2.24) is 24.5 Å². The number of pyridine rings is 1. The molecule has 1 aliphatic carbocycles. The summed E-state index contributed by atoms with van der Waals surface area (Å²) in [6, 6.07) is 3.13. The summed E-state index contributed by atoms with van der Waals surface area (Å²) >= 11 is 5.93. The molecule has 0 aromatic carbocycles. The van der Waals surface area contributed by atoms with E-state index in [1.165, 1.54) is 0 Å². The lowest BCUT2D eigenvalue weighted by Crippen LogP contribution is -2.31. The Morgan fingerprint density at radius 1 is 1.25 bits per heavy atom. The number of hydrogen-bond donors (Lipinski definition) is 1. The Balaban J connectivity index is 1.90. The highest BCUT2D eigenvalue weighted by molar-refractivity contribution is 6.29. The Hall–Kier alpha value is -2.13. The highest BCUT2D eigenvalue weighted by Gasteiger charge is 2.35. The molecule has 0 spiro atoms. The maximum absolute atomic E-state index is 12.8. The van der Waals surface area contributed by atoms with E-state index in [2.05, 4.69) is 15.2 Å². The van der Waals surface area contributed by atoms with Crippen LogP contribution in [0.4, 0.5) is 13.2 Å². The Kier molecular flexibility index (Phi) is 3.33. The van der Waals surface area contributed by atoms with Gasteiger partial charge < -0.3 is 5.11 Å². The Labute approximate surface area is 138 Å². The lowest BCUT2D eigenvalue weighted by atomic mass is 9.89. The van der Waals surface area contributed by atoms with Crippen LogP contribution in [0.1, 0.15) is 18.9 Å². The predicted molar refractivity (Wildman–Crippen MR) is 79.3 cm³/mol. The summed E-state index contributed by atoms with van der Waals surface area (Å²) in [7, 11) is 0. The van der Waals surface area contributed by atoms with Crippen molar-refractivity contribution in [3.05, 3.63) is 29.7 Å². The van der Waals surface area contributed by atoms with Crippen LogP contribution in [0.25, 0.3) is 22.3 Å². The standard InChI is InChI=1S/C14H11ClF3N5O/c15-11-2-1-10-12(20-11)13(23(21-10)8-3-9(24)4-8)7-5-19-22(6-7)14(16,17)18/h1-2,5-6,8-9,24H,3-4H2. The number of aliphatic hydroxyl groups is 1. The van der Waals surface area contributed by atoms with Crippen molar-refractivity contribution < 1.29 is 18.3 Å². The minimum absolute atomic E-state index is 0.0638. The topological polar surface area (TPSA) is 68.8 Å². The number of alkyl halides is 3. The van der Waals surface area contributed by atoms with Crippen molar-refractivity contribution in [2.75, 3.05) is 0 Å². The fraction of sp³-hybridized carbons (Fsp3) is 0.357. The normalized spacial score (nSPS) is 21.2. The molecule has 4 rings (SSSR count). The molecule has 3 aromatic heterocycles. The molecule has 0 unspecified atom stereocenters. The second-order valence-corrected chi connectivity index (χ2v) is 6.10. The van der Waals surface area contributed by atoms with Crippen molar-refractivity contribution in [1.29, 1.82) is 0 Å². The number of fused-ring (bicyclic) bond motifs is 1. The van der Waals surface area contributed by atoms with Crippen LogP contribution < -0.4 is 0 Å². The van der Waals surface area contributed by atoms with Gasteiger partial charge in [-0.25, -0.2) is 4.98 Å². The zero-order valence-electron chi connectivity index (χ0n) is 12.1. The number of halogens is 4. The second-order valence-electron chi connectivity index (χ2n) is 5.72. The quantitative estimate of drug-likeness (QED) is 0.715. The summed E-state index contributed by atoms with van der Waals surface area (Å²) < 4.78 is 40.0. The van der Waals surface area contributed by atoms with Crippen LogP contribution in [0.3, 0.4) is 0 Å². The minimum atomic E-state index is -4.60. The first-order valence-corrected chi connectivity index (χ1v) is 7.56. The Morgan fingerprint density at radius 2 is 2.00 bits per heavy atom. The van der Waals surface area contributed by atoms with Crippen LogP contribution in [0, 0.1) is 0 Å². The van der Waals surface area contributed by atoms with E-state index in [4.69, 9.17) is 11.6 Å². The molecule has 0 amide bonds. The number of hydrogen-bond acceptors (Lipinski definition) is 4. The van der Waals surface area contributed by atoms with Gasteiger partial charge in [-0.3, -0.25) is 4.68 Å². The van der Waals surface area contributed by atoms with Gasteiger partial charge >= 0.3 is 6.30 Å². The predicted octanol–water partition coefficient (Wildman–Crippen LogP) is 3.12. The summed E-state index contributed by atoms with van der Waals surface area (Å²) in [4.78, 5) is 4.21. The summed E-state index contributed by atoms with van der Waals surface area (Å²) in [5.41, 5.74) is 1.59. The third-order valence-electron chi connectivity index (χ3n) is 4.06. The summed E-state index contributed by atoms with van der Waals surface area (Å²) in [5.74, 6) is 0. The van der Waals surface area contributed by atoms with Crippen LogP contribution in [-0.2, 0) is 6.30 Å². The van der Waals surface area contributed by atoms with Crippen molar-refractivity contribution in [2.24, 2.45) is 0 Å². The van der Waals surface area contributed by atoms with E-state index in [0.717, 1.165) is 12.4 Å². The number of nitrogens with zero attached hydrogens (tertiary/aromatic N) is 5. The SMILES string of the molecule is OC1CC(n2nc3ccc(Cl)nc3c2-c2cnn(C(F)(F)F)c2)C1. The van der Waals surface area contributed by atoms with Gasteiger partial charge in [0.25, 0.3) is 0 Å². The van der Waals surface area contributed by atoms with E-state index in [1.54, 1.807) is 16.8 Å². The third kappa shape index (κ3) is 2.44. The molecule has 1 fully saturated rings. The summed E-state index contributed by atoms with van der Waals surface area (Å²) in [6.07, 6.45) is -2.03. The molecular formula is C14H11ClF3N5O. The Morgan fingerprint density at radius 3 is 2.62 bits per heavy atom. The smallest absolute Gasteiger partial charge is 0.393 e. The van der Waals surface area contributed by atoms with E-state index in [-0.39, 0.29) is 21.4 Å². The molecule has 3 aromatic rings. The van der Waals surface area contributed by atoms with E-state index < -0.39 is 12.4 Å².